The second kappa shape index (κ2) is 4.32. The molecule has 0 heterocycles. The Hall–Kier alpha value is -0.950. The molecule has 2 nitrogen and oxygen atoms in total. The van der Waals surface area contributed by atoms with E-state index in [1.54, 1.807) is 0 Å². The van der Waals surface area contributed by atoms with Gasteiger partial charge in [-0.2, -0.15) is 13.2 Å². The first-order valence-electron chi connectivity index (χ1n) is 7.24. The van der Waals surface area contributed by atoms with Gasteiger partial charge in [0.25, 0.3) is 12.1 Å². The second-order valence-corrected chi connectivity index (χ2v) is 7.35. The summed E-state index contributed by atoms with van der Waals surface area (Å²) in [6.45, 7) is 0. The number of alkyl halides is 6. The third kappa shape index (κ3) is 1.98. The highest BCUT2D eigenvalue weighted by Gasteiger charge is 2.73. The summed E-state index contributed by atoms with van der Waals surface area (Å²) in [5.41, 5.74) is -3.61. The van der Waals surface area contributed by atoms with Crippen molar-refractivity contribution in [3.63, 3.8) is 0 Å². The summed E-state index contributed by atoms with van der Waals surface area (Å²) in [6.07, 6.45) is -9.93. The summed E-state index contributed by atoms with van der Waals surface area (Å²) in [7, 11) is 0. The SMILES string of the molecule is O=C(O)C12C[C@H]3C[C@@H](C1)CC(C(F)(F)[C@@H](F)C(F)(F)F)(C3)C2. The van der Waals surface area contributed by atoms with E-state index in [0.29, 0.717) is 6.42 Å². The van der Waals surface area contributed by atoms with E-state index in [2.05, 4.69) is 0 Å². The average molecular weight is 330 g/mol. The number of rotatable bonds is 3. The minimum Gasteiger partial charge on any atom is -0.481 e. The van der Waals surface area contributed by atoms with Crippen LogP contribution >= 0.6 is 0 Å². The number of hydrogen-bond acceptors (Lipinski definition) is 1. The largest absolute Gasteiger partial charge is 0.481 e. The number of hydrogen-bond donors (Lipinski definition) is 1. The van der Waals surface area contributed by atoms with Crippen molar-refractivity contribution in [1.82, 2.24) is 0 Å². The average Bonchev–Trinajstić information content (AvgIpc) is 2.34. The Kier molecular flexibility index (Phi) is 3.13. The molecule has 4 saturated carbocycles. The normalized spacial score (nSPS) is 42.5. The van der Waals surface area contributed by atoms with Crippen LogP contribution in [-0.4, -0.2) is 29.3 Å². The van der Waals surface area contributed by atoms with Crippen LogP contribution in [-0.2, 0) is 4.79 Å². The maximum absolute atomic E-state index is 14.4. The second-order valence-electron chi connectivity index (χ2n) is 7.35. The molecule has 0 amide bonds. The number of carboxylic acids is 1. The van der Waals surface area contributed by atoms with Gasteiger partial charge < -0.3 is 5.11 Å². The molecule has 0 radical (unpaired) electrons. The summed E-state index contributed by atoms with van der Waals surface area (Å²) in [5.74, 6) is -6.56. The van der Waals surface area contributed by atoms with E-state index in [4.69, 9.17) is 0 Å². The molecule has 4 fully saturated rings. The number of carboxylic acid groups (broad SMARTS) is 1. The zero-order valence-corrected chi connectivity index (χ0v) is 11.6. The van der Waals surface area contributed by atoms with Crippen molar-refractivity contribution in [2.45, 2.75) is 56.8 Å². The van der Waals surface area contributed by atoms with E-state index >= 15 is 0 Å². The van der Waals surface area contributed by atoms with Gasteiger partial charge in [0.15, 0.2) is 0 Å². The van der Waals surface area contributed by atoms with Crippen LogP contribution in [0, 0.1) is 22.7 Å². The molecule has 4 rings (SSSR count). The molecule has 4 bridgehead atoms. The van der Waals surface area contributed by atoms with Crippen molar-refractivity contribution in [1.29, 1.82) is 0 Å². The van der Waals surface area contributed by atoms with E-state index in [1.807, 2.05) is 0 Å². The fourth-order valence-electron chi connectivity index (χ4n) is 5.38. The van der Waals surface area contributed by atoms with E-state index < -0.39 is 41.5 Å². The minimum atomic E-state index is -5.65. The Bertz CT molecular complexity index is 486. The van der Waals surface area contributed by atoms with Crippen molar-refractivity contribution in [3.05, 3.63) is 0 Å². The standard InChI is InChI=1S/C14H16F6O2/c15-9(14(18,19)20)13(16,17)12-4-7-1-8(5-12)3-11(2-7,6-12)10(21)22/h7-9H,1-6H2,(H,21,22)/t7-,8+,9-,11?,12?/m1/s1. The van der Waals surface area contributed by atoms with Gasteiger partial charge in [-0.1, -0.05) is 0 Å². The van der Waals surface area contributed by atoms with Crippen molar-refractivity contribution < 1.29 is 36.2 Å². The molecule has 0 saturated heterocycles. The molecule has 8 heteroatoms. The number of carbonyl (C=O) groups is 1. The van der Waals surface area contributed by atoms with Crippen molar-refractivity contribution >= 4 is 5.97 Å². The molecular formula is C14H16F6O2. The molecule has 1 N–H and O–H groups in total. The zero-order chi connectivity index (χ0) is 16.6. The molecule has 4 aliphatic carbocycles. The molecule has 5 atom stereocenters. The zero-order valence-electron chi connectivity index (χ0n) is 11.6. The lowest BCUT2D eigenvalue weighted by atomic mass is 9.42. The van der Waals surface area contributed by atoms with E-state index in [0.717, 1.165) is 0 Å². The third-order valence-electron chi connectivity index (χ3n) is 5.83. The molecule has 4 aliphatic rings. The summed E-state index contributed by atoms with van der Waals surface area (Å²) in [4.78, 5) is 11.5. The van der Waals surface area contributed by atoms with Gasteiger partial charge in [0, 0.05) is 5.41 Å². The first-order valence-corrected chi connectivity index (χ1v) is 7.24. The predicted molar refractivity (Wildman–Crippen MR) is 63.1 cm³/mol. The van der Waals surface area contributed by atoms with Crippen LogP contribution in [0.2, 0.25) is 0 Å². The fourth-order valence-corrected chi connectivity index (χ4v) is 5.38. The van der Waals surface area contributed by atoms with Gasteiger partial charge in [0.2, 0.25) is 0 Å². The number of aliphatic carboxylic acids is 1. The molecule has 22 heavy (non-hydrogen) atoms. The quantitative estimate of drug-likeness (QED) is 0.788. The Labute approximate surface area is 122 Å². The summed E-state index contributed by atoms with van der Waals surface area (Å²) in [6, 6.07) is 0. The van der Waals surface area contributed by atoms with Crippen LogP contribution in [0.5, 0.6) is 0 Å². The third-order valence-corrected chi connectivity index (χ3v) is 5.83. The first kappa shape index (κ1) is 15.9. The molecule has 0 aromatic carbocycles. The lowest BCUT2D eigenvalue weighted by Gasteiger charge is -2.62. The van der Waals surface area contributed by atoms with Gasteiger partial charge in [-0.25, -0.2) is 13.2 Å². The highest BCUT2D eigenvalue weighted by molar-refractivity contribution is 5.75. The van der Waals surface area contributed by atoms with Crippen LogP contribution in [0.25, 0.3) is 0 Å². The number of halogens is 6. The van der Waals surface area contributed by atoms with E-state index in [1.165, 1.54) is 0 Å². The fraction of sp³-hybridized carbons (Fsp3) is 0.929. The van der Waals surface area contributed by atoms with E-state index in [-0.39, 0.29) is 37.5 Å². The van der Waals surface area contributed by atoms with Crippen LogP contribution in [0.1, 0.15) is 38.5 Å². The minimum absolute atomic E-state index is 0.208. The van der Waals surface area contributed by atoms with Crippen LogP contribution in [0.3, 0.4) is 0 Å². The molecule has 0 aromatic rings. The lowest BCUT2D eigenvalue weighted by molar-refractivity contribution is -0.306. The highest BCUT2D eigenvalue weighted by Crippen LogP contribution is 2.70. The maximum atomic E-state index is 14.4. The summed E-state index contributed by atoms with van der Waals surface area (Å²) >= 11 is 0. The lowest BCUT2D eigenvalue weighted by Crippen LogP contribution is -2.64. The maximum Gasteiger partial charge on any atom is 0.425 e. The van der Waals surface area contributed by atoms with Crippen molar-refractivity contribution in [3.8, 4) is 0 Å². The smallest absolute Gasteiger partial charge is 0.425 e. The van der Waals surface area contributed by atoms with Gasteiger partial charge in [-0.3, -0.25) is 4.79 Å². The summed E-state index contributed by atoms with van der Waals surface area (Å²) < 4.78 is 79.8. The van der Waals surface area contributed by atoms with Crippen molar-refractivity contribution in [2.75, 3.05) is 0 Å². The van der Waals surface area contributed by atoms with E-state index in [9.17, 15) is 36.2 Å². The van der Waals surface area contributed by atoms with Crippen LogP contribution in [0.4, 0.5) is 26.3 Å². The van der Waals surface area contributed by atoms with Gasteiger partial charge in [-0.05, 0) is 50.4 Å². The Balaban J connectivity index is 2.01. The van der Waals surface area contributed by atoms with Crippen molar-refractivity contribution in [2.24, 2.45) is 22.7 Å². The van der Waals surface area contributed by atoms with Gasteiger partial charge >= 0.3 is 12.1 Å². The molecule has 0 aromatic heterocycles. The Morgan fingerprint density at radius 2 is 1.55 bits per heavy atom. The highest BCUT2D eigenvalue weighted by atomic mass is 19.4. The monoisotopic (exact) mass is 330 g/mol. The predicted octanol–water partition coefficient (Wildman–Crippen LogP) is 4.19. The topological polar surface area (TPSA) is 37.3 Å². The van der Waals surface area contributed by atoms with Gasteiger partial charge in [-0.15, -0.1) is 0 Å². The van der Waals surface area contributed by atoms with Crippen LogP contribution < -0.4 is 0 Å². The molecule has 126 valence electrons. The van der Waals surface area contributed by atoms with Crippen LogP contribution in [0.15, 0.2) is 0 Å². The van der Waals surface area contributed by atoms with Gasteiger partial charge in [0.1, 0.15) is 0 Å². The Morgan fingerprint density at radius 1 is 1.05 bits per heavy atom. The molecular weight excluding hydrogens is 314 g/mol. The first-order chi connectivity index (χ1) is 9.92. The Morgan fingerprint density at radius 3 is 1.95 bits per heavy atom. The summed E-state index contributed by atoms with van der Waals surface area (Å²) in [5, 5.41) is 9.40. The molecule has 0 aliphatic heterocycles. The molecule has 2 unspecified atom stereocenters. The van der Waals surface area contributed by atoms with Gasteiger partial charge in [0.05, 0.1) is 5.41 Å². The molecule has 0 spiro atoms.